The topological polar surface area (TPSA) is 82.0 Å². The molecule has 2 fully saturated rings. The lowest BCUT2D eigenvalue weighted by molar-refractivity contribution is 0.177. The van der Waals surface area contributed by atoms with E-state index in [2.05, 4.69) is 34.0 Å². The summed E-state index contributed by atoms with van der Waals surface area (Å²) in [6.45, 7) is 6.74. The molecule has 136 valence electrons. The van der Waals surface area contributed by atoms with Crippen molar-refractivity contribution in [2.75, 3.05) is 13.1 Å². The first kappa shape index (κ1) is 16.5. The highest BCUT2D eigenvalue weighted by molar-refractivity contribution is 5.04. The second-order valence-corrected chi connectivity index (χ2v) is 7.62. The van der Waals surface area contributed by atoms with E-state index >= 15 is 0 Å². The number of likely N-dealkylation sites (tertiary alicyclic amines) is 1. The van der Waals surface area contributed by atoms with Gasteiger partial charge in [-0.1, -0.05) is 19.0 Å². The largest absolute Gasteiger partial charge is 0.345 e. The highest BCUT2D eigenvalue weighted by atomic mass is 16.5. The summed E-state index contributed by atoms with van der Waals surface area (Å²) in [7, 11) is 1.75. The van der Waals surface area contributed by atoms with E-state index in [-0.39, 0.29) is 11.6 Å². The predicted octanol–water partition coefficient (Wildman–Crippen LogP) is 1.80. The number of hydrogen-bond acceptors (Lipinski definition) is 6. The molecule has 0 atom stereocenters. The van der Waals surface area contributed by atoms with Gasteiger partial charge in [0.15, 0.2) is 5.82 Å². The molecule has 0 bridgehead atoms. The average Bonchev–Trinajstić information content (AvgIpc) is 3.24. The Hall–Kier alpha value is -1.96. The molecule has 0 amide bonds. The Bertz CT molecular complexity index is 792. The molecule has 2 aliphatic rings. The highest BCUT2D eigenvalue weighted by Gasteiger charge is 2.33. The van der Waals surface area contributed by atoms with Gasteiger partial charge in [0, 0.05) is 24.9 Å². The van der Waals surface area contributed by atoms with Crippen LogP contribution in [-0.4, -0.2) is 42.5 Å². The quantitative estimate of drug-likeness (QED) is 0.821. The van der Waals surface area contributed by atoms with Gasteiger partial charge in [0.05, 0.1) is 6.54 Å². The van der Waals surface area contributed by atoms with Crippen molar-refractivity contribution in [2.24, 2.45) is 7.05 Å². The van der Waals surface area contributed by atoms with Gasteiger partial charge in [-0.05, 0) is 38.8 Å². The maximum absolute atomic E-state index is 12.3. The number of rotatable bonds is 5. The molecule has 0 radical (unpaired) electrons. The van der Waals surface area contributed by atoms with Gasteiger partial charge in [0.2, 0.25) is 5.89 Å². The van der Waals surface area contributed by atoms with Gasteiger partial charge in [-0.15, -0.1) is 0 Å². The van der Waals surface area contributed by atoms with Crippen molar-refractivity contribution >= 4 is 0 Å². The number of aryl methyl sites for hydroxylation is 1. The SMILES string of the molecule is CC(C)c1noc(CN2CCC(c3nn(C)c(=O)n3C3CC3)CC2)n1. The molecule has 25 heavy (non-hydrogen) atoms. The minimum Gasteiger partial charge on any atom is -0.338 e. The summed E-state index contributed by atoms with van der Waals surface area (Å²) >= 11 is 0. The minimum absolute atomic E-state index is 0.0343. The Morgan fingerprint density at radius 3 is 2.52 bits per heavy atom. The summed E-state index contributed by atoms with van der Waals surface area (Å²) in [5.74, 6) is 3.09. The van der Waals surface area contributed by atoms with Gasteiger partial charge in [0.1, 0.15) is 5.82 Å². The summed E-state index contributed by atoms with van der Waals surface area (Å²) < 4.78 is 8.78. The molecular formula is C17H26N6O2. The van der Waals surface area contributed by atoms with Crippen LogP contribution in [0.2, 0.25) is 0 Å². The zero-order valence-corrected chi connectivity index (χ0v) is 15.2. The molecule has 1 aliphatic heterocycles. The maximum Gasteiger partial charge on any atom is 0.345 e. The summed E-state index contributed by atoms with van der Waals surface area (Å²) in [6, 6.07) is 0.377. The van der Waals surface area contributed by atoms with Crippen molar-refractivity contribution in [3.8, 4) is 0 Å². The number of aromatic nitrogens is 5. The highest BCUT2D eigenvalue weighted by Crippen LogP contribution is 2.37. The molecule has 0 N–H and O–H groups in total. The fourth-order valence-corrected chi connectivity index (χ4v) is 3.56. The second kappa shape index (κ2) is 6.40. The second-order valence-electron chi connectivity index (χ2n) is 7.62. The Morgan fingerprint density at radius 1 is 1.20 bits per heavy atom. The van der Waals surface area contributed by atoms with E-state index in [9.17, 15) is 4.79 Å². The average molecular weight is 346 g/mol. The number of piperidine rings is 1. The molecule has 2 aromatic heterocycles. The van der Waals surface area contributed by atoms with E-state index in [0.717, 1.165) is 50.4 Å². The Morgan fingerprint density at radius 2 is 1.92 bits per heavy atom. The fraction of sp³-hybridized carbons (Fsp3) is 0.765. The van der Waals surface area contributed by atoms with Crippen molar-refractivity contribution in [2.45, 2.75) is 64.0 Å². The third-order valence-electron chi connectivity index (χ3n) is 5.21. The monoisotopic (exact) mass is 346 g/mol. The van der Waals surface area contributed by atoms with Crippen LogP contribution in [0.4, 0.5) is 0 Å². The molecule has 1 saturated carbocycles. The van der Waals surface area contributed by atoms with Crippen molar-refractivity contribution in [3.05, 3.63) is 28.0 Å². The van der Waals surface area contributed by atoms with E-state index in [4.69, 9.17) is 4.52 Å². The summed E-state index contributed by atoms with van der Waals surface area (Å²) in [6.07, 6.45) is 4.22. The summed E-state index contributed by atoms with van der Waals surface area (Å²) in [4.78, 5) is 19.1. The standard InChI is InChI=1S/C17H26N6O2/c1-11(2)15-18-14(25-20-15)10-22-8-6-12(7-9-22)16-19-21(3)17(24)23(16)13-4-5-13/h11-13H,4-10H2,1-3H3. The van der Waals surface area contributed by atoms with Crippen molar-refractivity contribution in [1.82, 2.24) is 29.4 Å². The summed E-state index contributed by atoms with van der Waals surface area (Å²) in [5, 5.41) is 8.57. The van der Waals surface area contributed by atoms with Gasteiger partial charge in [-0.2, -0.15) is 10.1 Å². The van der Waals surface area contributed by atoms with Crippen molar-refractivity contribution in [1.29, 1.82) is 0 Å². The zero-order chi connectivity index (χ0) is 17.6. The predicted molar refractivity (Wildman–Crippen MR) is 91.4 cm³/mol. The van der Waals surface area contributed by atoms with E-state index in [1.807, 2.05) is 4.57 Å². The third kappa shape index (κ3) is 3.27. The molecule has 1 saturated heterocycles. The molecule has 0 aromatic carbocycles. The van der Waals surface area contributed by atoms with Crippen LogP contribution in [-0.2, 0) is 13.6 Å². The molecule has 4 rings (SSSR count). The van der Waals surface area contributed by atoms with Gasteiger partial charge in [0.25, 0.3) is 0 Å². The smallest absolute Gasteiger partial charge is 0.338 e. The van der Waals surface area contributed by atoms with E-state index in [0.29, 0.717) is 24.4 Å². The van der Waals surface area contributed by atoms with Crippen LogP contribution in [0.3, 0.4) is 0 Å². The Kier molecular flexibility index (Phi) is 4.23. The first-order chi connectivity index (χ1) is 12.0. The fourth-order valence-electron chi connectivity index (χ4n) is 3.56. The van der Waals surface area contributed by atoms with Crippen LogP contribution in [0.15, 0.2) is 9.32 Å². The zero-order valence-electron chi connectivity index (χ0n) is 15.2. The van der Waals surface area contributed by atoms with Crippen LogP contribution < -0.4 is 5.69 Å². The van der Waals surface area contributed by atoms with Crippen LogP contribution in [0.25, 0.3) is 0 Å². The van der Waals surface area contributed by atoms with Crippen LogP contribution in [0.1, 0.15) is 74.9 Å². The van der Waals surface area contributed by atoms with Gasteiger partial charge >= 0.3 is 5.69 Å². The lowest BCUT2D eigenvalue weighted by atomic mass is 9.96. The lowest BCUT2D eigenvalue weighted by Crippen LogP contribution is -2.34. The van der Waals surface area contributed by atoms with E-state index in [1.54, 1.807) is 7.05 Å². The van der Waals surface area contributed by atoms with Crippen LogP contribution in [0, 0.1) is 0 Å². The number of nitrogens with zero attached hydrogens (tertiary/aromatic N) is 6. The Balaban J connectivity index is 1.40. The lowest BCUT2D eigenvalue weighted by Gasteiger charge is -2.30. The molecule has 0 unspecified atom stereocenters. The summed E-state index contributed by atoms with van der Waals surface area (Å²) in [5.41, 5.74) is 0.0343. The number of hydrogen-bond donors (Lipinski definition) is 0. The first-order valence-electron chi connectivity index (χ1n) is 9.23. The van der Waals surface area contributed by atoms with Gasteiger partial charge in [-0.3, -0.25) is 9.47 Å². The molecular weight excluding hydrogens is 320 g/mol. The normalized spacial score (nSPS) is 19.8. The van der Waals surface area contributed by atoms with Crippen LogP contribution in [0.5, 0.6) is 0 Å². The molecule has 8 heteroatoms. The molecule has 3 heterocycles. The van der Waals surface area contributed by atoms with E-state index in [1.165, 1.54) is 4.68 Å². The molecule has 1 aliphatic carbocycles. The van der Waals surface area contributed by atoms with Crippen molar-refractivity contribution < 1.29 is 4.52 Å². The Labute approximate surface area is 146 Å². The molecule has 8 nitrogen and oxygen atoms in total. The molecule has 0 spiro atoms. The van der Waals surface area contributed by atoms with Gasteiger partial charge < -0.3 is 4.52 Å². The van der Waals surface area contributed by atoms with E-state index < -0.39 is 0 Å². The molecule has 2 aromatic rings. The van der Waals surface area contributed by atoms with Crippen LogP contribution >= 0.6 is 0 Å². The maximum atomic E-state index is 12.3. The first-order valence-corrected chi connectivity index (χ1v) is 9.23. The van der Waals surface area contributed by atoms with Crippen molar-refractivity contribution in [3.63, 3.8) is 0 Å². The third-order valence-corrected chi connectivity index (χ3v) is 5.21. The van der Waals surface area contributed by atoms with Gasteiger partial charge in [-0.25, -0.2) is 9.48 Å². The minimum atomic E-state index is 0.0343.